The molecule has 1 aromatic carbocycles. The van der Waals surface area contributed by atoms with Crippen LogP contribution in [0.1, 0.15) is 13.3 Å². The fourth-order valence-corrected chi connectivity index (χ4v) is 2.14. The number of hydrogen-bond acceptors (Lipinski definition) is 4. The summed E-state index contributed by atoms with van der Waals surface area (Å²) in [6, 6.07) is 5.78. The highest BCUT2D eigenvalue weighted by Gasteiger charge is 2.12. The number of halogens is 1. The Labute approximate surface area is 119 Å². The molecule has 0 saturated heterocycles. The lowest BCUT2D eigenvalue weighted by Crippen LogP contribution is -2.24. The highest BCUT2D eigenvalue weighted by atomic mass is 35.5. The second kappa shape index (κ2) is 7.44. The number of nitrogens with two attached hydrogens (primary N) is 1. The summed E-state index contributed by atoms with van der Waals surface area (Å²) < 4.78 is 25.4. The molecule has 1 amide bonds. The molecule has 6 nitrogen and oxygen atoms in total. The van der Waals surface area contributed by atoms with Crippen LogP contribution in [0.4, 0.5) is 5.69 Å². The van der Waals surface area contributed by atoms with Gasteiger partial charge in [-0.05, 0) is 32.2 Å². The van der Waals surface area contributed by atoms with Gasteiger partial charge in [0.1, 0.15) is 0 Å². The Balaban J connectivity index is 0.00000324. The number of carbonyl (C=O) groups is 1. The molecule has 0 spiro atoms. The molecule has 19 heavy (non-hydrogen) atoms. The van der Waals surface area contributed by atoms with Crippen molar-refractivity contribution in [1.29, 1.82) is 0 Å². The van der Waals surface area contributed by atoms with Crippen molar-refractivity contribution in [1.82, 2.24) is 4.72 Å². The minimum absolute atomic E-state index is 0. The molecule has 0 heterocycles. The minimum Gasteiger partial charge on any atom is -0.327 e. The van der Waals surface area contributed by atoms with Gasteiger partial charge < -0.3 is 11.1 Å². The molecule has 0 aliphatic heterocycles. The van der Waals surface area contributed by atoms with Crippen molar-refractivity contribution in [3.05, 3.63) is 24.3 Å². The number of sulfonamides is 1. The number of amides is 1. The van der Waals surface area contributed by atoms with Crippen molar-refractivity contribution in [2.24, 2.45) is 5.73 Å². The molecule has 108 valence electrons. The topological polar surface area (TPSA) is 101 Å². The van der Waals surface area contributed by atoms with E-state index >= 15 is 0 Å². The van der Waals surface area contributed by atoms with E-state index in [1.807, 2.05) is 0 Å². The Hall–Kier alpha value is -1.15. The lowest BCUT2D eigenvalue weighted by Gasteiger charge is -2.09. The molecule has 4 N–H and O–H groups in total. The number of hydrogen-bond donors (Lipinski definition) is 3. The number of rotatable bonds is 5. The second-order valence-electron chi connectivity index (χ2n) is 3.96. The highest BCUT2D eigenvalue weighted by Crippen LogP contribution is 2.15. The standard InChI is InChI=1S/C11H17N3O3S.ClH/c1-8(12)6-11(15)14-9-4-3-5-10(7-9)18(16,17)13-2;/h3-5,7-8,13H,6,12H2,1-2H3,(H,14,15);1H. The van der Waals surface area contributed by atoms with E-state index in [4.69, 9.17) is 5.73 Å². The fraction of sp³-hybridized carbons (Fsp3) is 0.364. The van der Waals surface area contributed by atoms with Crippen LogP contribution in [0.2, 0.25) is 0 Å². The van der Waals surface area contributed by atoms with Crippen LogP contribution in [0.5, 0.6) is 0 Å². The first-order valence-electron chi connectivity index (χ1n) is 5.44. The van der Waals surface area contributed by atoms with E-state index in [0.717, 1.165) is 0 Å². The maximum Gasteiger partial charge on any atom is 0.240 e. The third kappa shape index (κ3) is 5.56. The Morgan fingerprint density at radius 3 is 2.58 bits per heavy atom. The van der Waals surface area contributed by atoms with Crippen LogP contribution in [-0.4, -0.2) is 27.4 Å². The van der Waals surface area contributed by atoms with Gasteiger partial charge in [0.15, 0.2) is 0 Å². The molecule has 1 unspecified atom stereocenters. The first-order chi connectivity index (χ1) is 8.35. The molecule has 1 aromatic rings. The number of carbonyl (C=O) groups excluding carboxylic acids is 1. The van der Waals surface area contributed by atoms with Crippen LogP contribution in [0.15, 0.2) is 29.2 Å². The molecule has 0 bridgehead atoms. The van der Waals surface area contributed by atoms with Gasteiger partial charge in [0, 0.05) is 18.2 Å². The predicted molar refractivity (Wildman–Crippen MR) is 76.8 cm³/mol. The normalized spacial score (nSPS) is 12.4. The largest absolute Gasteiger partial charge is 0.327 e. The van der Waals surface area contributed by atoms with Gasteiger partial charge in [0.2, 0.25) is 15.9 Å². The van der Waals surface area contributed by atoms with Crippen molar-refractivity contribution in [3.63, 3.8) is 0 Å². The van der Waals surface area contributed by atoms with Gasteiger partial charge in [-0.25, -0.2) is 13.1 Å². The third-order valence-electron chi connectivity index (χ3n) is 2.20. The zero-order valence-electron chi connectivity index (χ0n) is 10.7. The van der Waals surface area contributed by atoms with E-state index in [-0.39, 0.29) is 35.7 Å². The van der Waals surface area contributed by atoms with Gasteiger partial charge in [-0.15, -0.1) is 12.4 Å². The first-order valence-corrected chi connectivity index (χ1v) is 6.92. The molecule has 0 aliphatic carbocycles. The van der Waals surface area contributed by atoms with Gasteiger partial charge in [-0.1, -0.05) is 6.07 Å². The summed E-state index contributed by atoms with van der Waals surface area (Å²) >= 11 is 0. The van der Waals surface area contributed by atoms with E-state index in [1.54, 1.807) is 19.1 Å². The van der Waals surface area contributed by atoms with Crippen LogP contribution in [-0.2, 0) is 14.8 Å². The van der Waals surface area contributed by atoms with E-state index in [0.29, 0.717) is 5.69 Å². The lowest BCUT2D eigenvalue weighted by atomic mass is 10.2. The average Bonchev–Trinajstić information content (AvgIpc) is 2.28. The molecule has 1 rings (SSSR count). The summed E-state index contributed by atoms with van der Waals surface area (Å²) in [7, 11) is -2.18. The summed E-state index contributed by atoms with van der Waals surface area (Å²) in [5.41, 5.74) is 5.93. The van der Waals surface area contributed by atoms with E-state index in [9.17, 15) is 13.2 Å². The average molecular weight is 308 g/mol. The van der Waals surface area contributed by atoms with Gasteiger partial charge in [0.05, 0.1) is 4.90 Å². The molecule has 0 aromatic heterocycles. The Bertz CT molecular complexity index is 532. The minimum atomic E-state index is -3.51. The Morgan fingerprint density at radius 2 is 2.05 bits per heavy atom. The van der Waals surface area contributed by atoms with Crippen LogP contribution in [0.3, 0.4) is 0 Å². The molecule has 0 saturated carbocycles. The SMILES string of the molecule is CNS(=O)(=O)c1cccc(NC(=O)CC(C)N)c1.Cl. The summed E-state index contributed by atoms with van der Waals surface area (Å²) in [4.78, 5) is 11.6. The number of benzene rings is 1. The van der Waals surface area contributed by atoms with Crippen molar-refractivity contribution >= 4 is 34.0 Å². The summed E-state index contributed by atoms with van der Waals surface area (Å²) in [6.07, 6.45) is 0.184. The summed E-state index contributed by atoms with van der Waals surface area (Å²) in [6.45, 7) is 1.72. The van der Waals surface area contributed by atoms with E-state index in [1.165, 1.54) is 19.2 Å². The van der Waals surface area contributed by atoms with Gasteiger partial charge in [0.25, 0.3) is 0 Å². The molecule has 0 radical (unpaired) electrons. The number of nitrogens with one attached hydrogen (secondary N) is 2. The highest BCUT2D eigenvalue weighted by molar-refractivity contribution is 7.89. The maximum atomic E-state index is 11.6. The number of anilines is 1. The zero-order chi connectivity index (χ0) is 13.8. The van der Waals surface area contributed by atoms with E-state index in [2.05, 4.69) is 10.0 Å². The van der Waals surface area contributed by atoms with Crippen molar-refractivity contribution in [3.8, 4) is 0 Å². The molecule has 8 heteroatoms. The Morgan fingerprint density at radius 1 is 1.42 bits per heavy atom. The zero-order valence-corrected chi connectivity index (χ0v) is 12.3. The van der Waals surface area contributed by atoms with Gasteiger partial charge in [-0.2, -0.15) is 0 Å². The fourth-order valence-electron chi connectivity index (χ4n) is 1.36. The Kier molecular flexibility index (Phi) is 6.99. The summed E-state index contributed by atoms with van der Waals surface area (Å²) in [5.74, 6) is -0.246. The third-order valence-corrected chi connectivity index (χ3v) is 3.62. The monoisotopic (exact) mass is 307 g/mol. The predicted octanol–water partition coefficient (Wildman–Crippen LogP) is 0.692. The molecular formula is C11H18ClN3O3S. The van der Waals surface area contributed by atoms with Crippen molar-refractivity contribution in [2.45, 2.75) is 24.3 Å². The van der Waals surface area contributed by atoms with Gasteiger partial charge in [-0.3, -0.25) is 4.79 Å². The van der Waals surface area contributed by atoms with Gasteiger partial charge >= 0.3 is 0 Å². The smallest absolute Gasteiger partial charge is 0.240 e. The first kappa shape index (κ1) is 17.8. The molecule has 0 aliphatic rings. The lowest BCUT2D eigenvalue weighted by molar-refractivity contribution is -0.116. The molecule has 1 atom stereocenters. The van der Waals surface area contributed by atoms with E-state index < -0.39 is 10.0 Å². The van der Waals surface area contributed by atoms with Crippen LogP contribution in [0, 0.1) is 0 Å². The molecular weight excluding hydrogens is 290 g/mol. The van der Waals surface area contributed by atoms with Crippen LogP contribution < -0.4 is 15.8 Å². The van der Waals surface area contributed by atoms with Crippen molar-refractivity contribution in [2.75, 3.05) is 12.4 Å². The van der Waals surface area contributed by atoms with Crippen LogP contribution in [0.25, 0.3) is 0 Å². The molecule has 0 fully saturated rings. The van der Waals surface area contributed by atoms with Crippen molar-refractivity contribution < 1.29 is 13.2 Å². The summed E-state index contributed by atoms with van der Waals surface area (Å²) in [5, 5.41) is 2.60. The quantitative estimate of drug-likeness (QED) is 0.745. The second-order valence-corrected chi connectivity index (χ2v) is 5.85. The van der Waals surface area contributed by atoms with Crippen LogP contribution >= 0.6 is 12.4 Å². The maximum absolute atomic E-state index is 11.6.